The van der Waals surface area contributed by atoms with Gasteiger partial charge in [0, 0.05) is 11.3 Å². The molecule has 0 radical (unpaired) electrons. The number of aryl methyl sites for hydroxylation is 1. The van der Waals surface area contributed by atoms with E-state index in [0.29, 0.717) is 18.5 Å². The first-order valence-electron chi connectivity index (χ1n) is 5.69. The van der Waals surface area contributed by atoms with E-state index in [-0.39, 0.29) is 4.92 Å². The van der Waals surface area contributed by atoms with Crippen molar-refractivity contribution in [3.8, 4) is 0 Å². The monoisotopic (exact) mass is 251 g/mol. The SMILES string of the molecule is CC/C(Sc1ccc(C)cc1)=C(/CC)[N+](=O)[O-]. The molecule has 0 atom stereocenters. The number of thioether (sulfide) groups is 1. The zero-order valence-corrected chi connectivity index (χ0v) is 11.2. The predicted molar refractivity (Wildman–Crippen MR) is 71.6 cm³/mol. The maximum Gasteiger partial charge on any atom is 0.255 e. The molecule has 1 aromatic carbocycles. The zero-order valence-electron chi connectivity index (χ0n) is 10.4. The van der Waals surface area contributed by atoms with Crippen molar-refractivity contribution >= 4 is 11.8 Å². The van der Waals surface area contributed by atoms with Crippen LogP contribution in [0.5, 0.6) is 0 Å². The van der Waals surface area contributed by atoms with Gasteiger partial charge >= 0.3 is 0 Å². The highest BCUT2D eigenvalue weighted by molar-refractivity contribution is 8.03. The third-order valence-corrected chi connectivity index (χ3v) is 3.74. The van der Waals surface area contributed by atoms with E-state index in [1.54, 1.807) is 0 Å². The predicted octanol–water partition coefficient (Wildman–Crippen LogP) is 4.40. The summed E-state index contributed by atoms with van der Waals surface area (Å²) in [6.45, 7) is 5.80. The number of hydrogen-bond acceptors (Lipinski definition) is 3. The van der Waals surface area contributed by atoms with Gasteiger partial charge in [-0.1, -0.05) is 43.3 Å². The highest BCUT2D eigenvalue weighted by Gasteiger charge is 2.15. The summed E-state index contributed by atoms with van der Waals surface area (Å²) in [4.78, 5) is 12.5. The molecule has 92 valence electrons. The topological polar surface area (TPSA) is 43.1 Å². The third kappa shape index (κ3) is 3.89. The minimum absolute atomic E-state index is 0.264. The summed E-state index contributed by atoms with van der Waals surface area (Å²) in [6, 6.07) is 8.05. The summed E-state index contributed by atoms with van der Waals surface area (Å²) in [7, 11) is 0. The van der Waals surface area contributed by atoms with Gasteiger partial charge < -0.3 is 0 Å². The molecule has 0 spiro atoms. The van der Waals surface area contributed by atoms with Gasteiger partial charge in [0.2, 0.25) is 0 Å². The number of nitro groups is 1. The van der Waals surface area contributed by atoms with Gasteiger partial charge in [0.15, 0.2) is 0 Å². The van der Waals surface area contributed by atoms with E-state index in [4.69, 9.17) is 0 Å². The highest BCUT2D eigenvalue weighted by Crippen LogP contribution is 2.32. The molecule has 3 nitrogen and oxygen atoms in total. The fraction of sp³-hybridized carbons (Fsp3) is 0.385. The van der Waals surface area contributed by atoms with Gasteiger partial charge in [-0.3, -0.25) is 10.1 Å². The van der Waals surface area contributed by atoms with E-state index >= 15 is 0 Å². The second-order valence-electron chi connectivity index (χ2n) is 3.75. The fourth-order valence-electron chi connectivity index (χ4n) is 1.51. The van der Waals surface area contributed by atoms with Crippen LogP contribution in [0.4, 0.5) is 0 Å². The Hall–Kier alpha value is -1.29. The average molecular weight is 251 g/mol. The number of hydrogen-bond donors (Lipinski definition) is 0. The van der Waals surface area contributed by atoms with Crippen molar-refractivity contribution in [3.05, 3.63) is 50.5 Å². The molecule has 0 N–H and O–H groups in total. The Bertz CT molecular complexity index is 424. The molecule has 0 aromatic heterocycles. The van der Waals surface area contributed by atoms with Crippen LogP contribution < -0.4 is 0 Å². The molecule has 0 bridgehead atoms. The normalized spacial score (nSPS) is 12.2. The number of rotatable bonds is 5. The molecule has 4 heteroatoms. The first kappa shape index (κ1) is 13.8. The van der Waals surface area contributed by atoms with Crippen LogP contribution in [0.1, 0.15) is 32.3 Å². The molecule has 0 aliphatic carbocycles. The van der Waals surface area contributed by atoms with Crippen LogP contribution >= 0.6 is 11.8 Å². The lowest BCUT2D eigenvalue weighted by Crippen LogP contribution is -2.00. The second kappa shape index (κ2) is 6.45. The Balaban J connectivity index is 2.96. The van der Waals surface area contributed by atoms with Crippen molar-refractivity contribution < 1.29 is 4.92 Å². The van der Waals surface area contributed by atoms with Crippen molar-refractivity contribution in [2.24, 2.45) is 0 Å². The maximum absolute atomic E-state index is 10.9. The quantitative estimate of drug-likeness (QED) is 0.442. The Kier molecular flexibility index (Phi) is 5.22. The van der Waals surface area contributed by atoms with Crippen molar-refractivity contribution in [2.45, 2.75) is 38.5 Å². The zero-order chi connectivity index (χ0) is 12.8. The van der Waals surface area contributed by atoms with Crippen molar-refractivity contribution in [1.29, 1.82) is 0 Å². The van der Waals surface area contributed by atoms with Crippen LogP contribution in [-0.4, -0.2) is 4.92 Å². The molecule has 0 unspecified atom stereocenters. The van der Waals surface area contributed by atoms with E-state index in [0.717, 1.165) is 9.80 Å². The van der Waals surface area contributed by atoms with E-state index in [1.165, 1.54) is 17.3 Å². The number of benzene rings is 1. The molecule has 0 saturated carbocycles. The van der Waals surface area contributed by atoms with Gasteiger partial charge in [-0.05, 0) is 25.5 Å². The van der Waals surface area contributed by atoms with Crippen LogP contribution in [0.15, 0.2) is 39.8 Å². The molecule has 0 aliphatic rings. The van der Waals surface area contributed by atoms with E-state index in [1.807, 2.05) is 45.0 Å². The summed E-state index contributed by atoms with van der Waals surface area (Å²) < 4.78 is 0. The van der Waals surface area contributed by atoms with Crippen molar-refractivity contribution in [1.82, 2.24) is 0 Å². The van der Waals surface area contributed by atoms with Crippen molar-refractivity contribution in [3.63, 3.8) is 0 Å². The molecule has 0 aliphatic heterocycles. The lowest BCUT2D eigenvalue weighted by molar-refractivity contribution is -0.428. The van der Waals surface area contributed by atoms with E-state index in [9.17, 15) is 10.1 Å². The van der Waals surface area contributed by atoms with Crippen LogP contribution in [0.2, 0.25) is 0 Å². The summed E-state index contributed by atoms with van der Waals surface area (Å²) in [6.07, 6.45) is 1.16. The highest BCUT2D eigenvalue weighted by atomic mass is 32.2. The smallest absolute Gasteiger partial charge is 0.255 e. The van der Waals surface area contributed by atoms with Crippen LogP contribution in [-0.2, 0) is 0 Å². The largest absolute Gasteiger partial charge is 0.259 e. The maximum atomic E-state index is 10.9. The van der Waals surface area contributed by atoms with Gasteiger partial charge in [-0.15, -0.1) is 0 Å². The summed E-state index contributed by atoms with van der Waals surface area (Å²) in [5.74, 6) is 0. The molecule has 1 rings (SSSR count). The van der Waals surface area contributed by atoms with Gasteiger partial charge in [-0.2, -0.15) is 0 Å². The molecule has 0 saturated heterocycles. The van der Waals surface area contributed by atoms with Crippen LogP contribution in [0.3, 0.4) is 0 Å². The third-order valence-electron chi connectivity index (χ3n) is 2.46. The summed E-state index contributed by atoms with van der Waals surface area (Å²) in [5.41, 5.74) is 1.53. The molecule has 0 fully saturated rings. The Morgan fingerprint density at radius 3 is 2.24 bits per heavy atom. The van der Waals surface area contributed by atoms with Gasteiger partial charge in [-0.25, -0.2) is 0 Å². The molecule has 0 heterocycles. The van der Waals surface area contributed by atoms with E-state index in [2.05, 4.69) is 0 Å². The lowest BCUT2D eigenvalue weighted by Gasteiger charge is -2.06. The number of nitrogens with zero attached hydrogens (tertiary/aromatic N) is 1. The minimum Gasteiger partial charge on any atom is -0.259 e. The van der Waals surface area contributed by atoms with E-state index < -0.39 is 0 Å². The molecule has 1 aromatic rings. The van der Waals surface area contributed by atoms with Crippen LogP contribution in [0.25, 0.3) is 0 Å². The minimum atomic E-state index is -0.264. The second-order valence-corrected chi connectivity index (χ2v) is 4.92. The fourth-order valence-corrected chi connectivity index (χ4v) is 2.55. The molecular formula is C13H17NO2S. The Morgan fingerprint density at radius 2 is 1.82 bits per heavy atom. The number of allylic oxidation sites excluding steroid dienone is 2. The lowest BCUT2D eigenvalue weighted by atomic mass is 10.2. The molecular weight excluding hydrogens is 234 g/mol. The van der Waals surface area contributed by atoms with Gasteiger partial charge in [0.1, 0.15) is 0 Å². The first-order valence-corrected chi connectivity index (χ1v) is 6.51. The summed E-state index contributed by atoms with van der Waals surface area (Å²) in [5, 5.41) is 10.9. The Morgan fingerprint density at radius 1 is 1.24 bits per heavy atom. The Labute approximate surface area is 106 Å². The van der Waals surface area contributed by atoms with Crippen molar-refractivity contribution in [2.75, 3.05) is 0 Å². The molecule has 0 amide bonds. The summed E-state index contributed by atoms with van der Waals surface area (Å²) >= 11 is 1.50. The standard InChI is InChI=1S/C13H17NO2S/c1-4-12(14(15)16)13(5-2)17-11-8-6-10(3)7-9-11/h6-9H,4-5H2,1-3H3/b13-12+. The van der Waals surface area contributed by atoms with Crippen LogP contribution in [0, 0.1) is 17.0 Å². The van der Waals surface area contributed by atoms with Gasteiger partial charge in [0.25, 0.3) is 5.70 Å². The van der Waals surface area contributed by atoms with Gasteiger partial charge in [0.05, 0.1) is 9.83 Å². The average Bonchev–Trinajstić information content (AvgIpc) is 2.31. The molecule has 17 heavy (non-hydrogen) atoms. The first-order chi connectivity index (χ1) is 8.08.